The first-order valence-electron chi connectivity index (χ1n) is 8.96. The molecule has 3 heterocycles. The van der Waals surface area contributed by atoms with E-state index in [0.29, 0.717) is 0 Å². The molecule has 26 heavy (non-hydrogen) atoms. The van der Waals surface area contributed by atoms with Crippen LogP contribution in [0.2, 0.25) is 10.0 Å². The van der Waals surface area contributed by atoms with E-state index in [1.54, 1.807) is 0 Å². The van der Waals surface area contributed by atoms with E-state index in [4.69, 9.17) is 23.2 Å². The average Bonchev–Trinajstić information content (AvgIpc) is 3.07. The molecule has 5 rings (SSSR count). The predicted molar refractivity (Wildman–Crippen MR) is 109 cm³/mol. The molecule has 0 saturated heterocycles. The SMILES string of the molecule is Clc1ccc(-c2cn3cc(-c4ccc(Cl)cc4)n4c3c2CCCC4)cc1. The van der Waals surface area contributed by atoms with E-state index < -0.39 is 0 Å². The Morgan fingerprint density at radius 2 is 1.38 bits per heavy atom. The van der Waals surface area contributed by atoms with Crippen molar-refractivity contribution < 1.29 is 0 Å². The summed E-state index contributed by atoms with van der Waals surface area (Å²) < 4.78 is 4.75. The minimum atomic E-state index is 0.772. The number of halogens is 2. The molecule has 0 atom stereocenters. The Kier molecular flexibility index (Phi) is 3.84. The third kappa shape index (κ3) is 2.56. The normalized spacial score (nSPS) is 13.9. The predicted octanol–water partition coefficient (Wildman–Crippen LogP) is 6.72. The monoisotopic (exact) mass is 380 g/mol. The Morgan fingerprint density at radius 1 is 0.731 bits per heavy atom. The van der Waals surface area contributed by atoms with Crippen molar-refractivity contribution in [2.75, 3.05) is 0 Å². The van der Waals surface area contributed by atoms with Crippen LogP contribution < -0.4 is 0 Å². The highest BCUT2D eigenvalue weighted by molar-refractivity contribution is 6.30. The first-order chi connectivity index (χ1) is 12.7. The Balaban J connectivity index is 1.72. The quantitative estimate of drug-likeness (QED) is 0.365. The molecule has 0 aliphatic carbocycles. The second-order valence-electron chi connectivity index (χ2n) is 6.89. The van der Waals surface area contributed by atoms with Gasteiger partial charge in [-0.25, -0.2) is 0 Å². The van der Waals surface area contributed by atoms with Crippen LogP contribution in [0.25, 0.3) is 28.0 Å². The van der Waals surface area contributed by atoms with Gasteiger partial charge in [-0.1, -0.05) is 47.5 Å². The van der Waals surface area contributed by atoms with Gasteiger partial charge in [0.1, 0.15) is 5.65 Å². The fraction of sp³-hybridized carbons (Fsp3) is 0.182. The summed E-state index contributed by atoms with van der Waals surface area (Å²) in [5.41, 5.74) is 7.76. The van der Waals surface area contributed by atoms with Crippen LogP contribution in [0, 0.1) is 0 Å². The highest BCUT2D eigenvalue weighted by Gasteiger charge is 2.21. The molecular formula is C22H18Cl2N2. The first-order valence-corrected chi connectivity index (χ1v) is 9.71. The number of nitrogens with zero attached hydrogens (tertiary/aromatic N) is 2. The van der Waals surface area contributed by atoms with Crippen molar-refractivity contribution in [2.24, 2.45) is 0 Å². The highest BCUT2D eigenvalue weighted by Crippen LogP contribution is 2.36. The molecule has 0 radical (unpaired) electrons. The number of rotatable bonds is 2. The maximum Gasteiger partial charge on any atom is 0.121 e. The second-order valence-corrected chi connectivity index (χ2v) is 7.76. The van der Waals surface area contributed by atoms with E-state index in [9.17, 15) is 0 Å². The molecule has 0 fully saturated rings. The largest absolute Gasteiger partial charge is 0.325 e. The van der Waals surface area contributed by atoms with Crippen LogP contribution >= 0.6 is 23.2 Å². The van der Waals surface area contributed by atoms with Gasteiger partial charge in [-0.2, -0.15) is 0 Å². The Morgan fingerprint density at radius 3 is 2.08 bits per heavy atom. The van der Waals surface area contributed by atoms with Crippen LogP contribution in [-0.2, 0) is 13.0 Å². The summed E-state index contributed by atoms with van der Waals surface area (Å²) >= 11 is 12.1. The van der Waals surface area contributed by atoms with Crippen molar-refractivity contribution in [1.82, 2.24) is 8.97 Å². The summed E-state index contributed by atoms with van der Waals surface area (Å²) in [6.45, 7) is 1.05. The molecular weight excluding hydrogens is 363 g/mol. The summed E-state index contributed by atoms with van der Waals surface area (Å²) in [5.74, 6) is 0. The van der Waals surface area contributed by atoms with E-state index in [1.807, 2.05) is 24.3 Å². The molecule has 2 nitrogen and oxygen atoms in total. The lowest BCUT2D eigenvalue weighted by Gasteiger charge is -2.08. The van der Waals surface area contributed by atoms with Crippen molar-refractivity contribution in [1.29, 1.82) is 0 Å². The number of benzene rings is 2. The Labute approximate surface area is 162 Å². The molecule has 0 spiro atoms. The molecule has 4 heteroatoms. The van der Waals surface area contributed by atoms with Crippen molar-refractivity contribution in [3.8, 4) is 22.4 Å². The third-order valence-corrected chi connectivity index (χ3v) is 5.77. The van der Waals surface area contributed by atoms with E-state index >= 15 is 0 Å². The minimum Gasteiger partial charge on any atom is -0.325 e. The lowest BCUT2D eigenvalue weighted by molar-refractivity contribution is 0.647. The van der Waals surface area contributed by atoms with Crippen LogP contribution in [0.4, 0.5) is 0 Å². The number of aryl methyl sites for hydroxylation is 2. The minimum absolute atomic E-state index is 0.772. The molecule has 1 aliphatic rings. The molecule has 130 valence electrons. The Bertz CT molecular complexity index is 1000. The molecule has 0 saturated carbocycles. The zero-order chi connectivity index (χ0) is 17.7. The number of hydrogen-bond acceptors (Lipinski definition) is 0. The van der Waals surface area contributed by atoms with Crippen molar-refractivity contribution in [3.05, 3.63) is 76.5 Å². The highest BCUT2D eigenvalue weighted by atomic mass is 35.5. The summed E-state index contributed by atoms with van der Waals surface area (Å²) in [6, 6.07) is 16.3. The Hall–Kier alpha value is -2.16. The van der Waals surface area contributed by atoms with Crippen molar-refractivity contribution in [2.45, 2.75) is 25.8 Å². The van der Waals surface area contributed by atoms with Crippen LogP contribution in [0.1, 0.15) is 18.4 Å². The van der Waals surface area contributed by atoms with Gasteiger partial charge in [-0.3, -0.25) is 0 Å². The van der Waals surface area contributed by atoms with Crippen LogP contribution in [0.5, 0.6) is 0 Å². The van der Waals surface area contributed by atoms with E-state index in [1.165, 1.54) is 46.4 Å². The van der Waals surface area contributed by atoms with Crippen LogP contribution in [-0.4, -0.2) is 8.97 Å². The first kappa shape index (κ1) is 16.0. The summed E-state index contributed by atoms with van der Waals surface area (Å²) in [5, 5.41) is 1.55. The summed E-state index contributed by atoms with van der Waals surface area (Å²) in [6.07, 6.45) is 8.02. The molecule has 0 amide bonds. The number of aromatic nitrogens is 2. The average molecular weight is 381 g/mol. The second kappa shape index (κ2) is 6.22. The third-order valence-electron chi connectivity index (χ3n) is 5.27. The van der Waals surface area contributed by atoms with Crippen LogP contribution in [0.3, 0.4) is 0 Å². The van der Waals surface area contributed by atoms with Gasteiger partial charge in [-0.15, -0.1) is 0 Å². The number of imidazole rings is 1. The fourth-order valence-corrected chi connectivity index (χ4v) is 4.30. The molecule has 0 unspecified atom stereocenters. The van der Waals surface area contributed by atoms with Gasteiger partial charge >= 0.3 is 0 Å². The van der Waals surface area contributed by atoms with Crippen molar-refractivity contribution in [3.63, 3.8) is 0 Å². The van der Waals surface area contributed by atoms with Gasteiger partial charge < -0.3 is 8.97 Å². The molecule has 2 aromatic heterocycles. The maximum atomic E-state index is 6.07. The zero-order valence-electron chi connectivity index (χ0n) is 14.3. The molecule has 0 bridgehead atoms. The van der Waals surface area contributed by atoms with Gasteiger partial charge in [-0.05, 0) is 54.7 Å². The smallest absolute Gasteiger partial charge is 0.121 e. The van der Waals surface area contributed by atoms with E-state index in [-0.39, 0.29) is 0 Å². The van der Waals surface area contributed by atoms with Crippen molar-refractivity contribution >= 4 is 28.8 Å². The van der Waals surface area contributed by atoms with E-state index in [0.717, 1.165) is 23.0 Å². The summed E-state index contributed by atoms with van der Waals surface area (Å²) in [7, 11) is 0. The lowest BCUT2D eigenvalue weighted by atomic mass is 10.0. The molecule has 1 aliphatic heterocycles. The molecule has 0 N–H and O–H groups in total. The summed E-state index contributed by atoms with van der Waals surface area (Å²) in [4.78, 5) is 0. The molecule has 2 aromatic carbocycles. The van der Waals surface area contributed by atoms with Gasteiger partial charge in [0.2, 0.25) is 0 Å². The number of hydrogen-bond donors (Lipinski definition) is 0. The van der Waals surface area contributed by atoms with Crippen LogP contribution in [0.15, 0.2) is 60.9 Å². The van der Waals surface area contributed by atoms with E-state index in [2.05, 4.69) is 45.6 Å². The fourth-order valence-electron chi connectivity index (χ4n) is 4.04. The lowest BCUT2D eigenvalue weighted by Crippen LogP contribution is -1.98. The van der Waals surface area contributed by atoms with Gasteiger partial charge in [0, 0.05) is 40.1 Å². The van der Waals surface area contributed by atoms with Gasteiger partial charge in [0.05, 0.1) is 5.69 Å². The van der Waals surface area contributed by atoms with Gasteiger partial charge in [0.25, 0.3) is 0 Å². The maximum absolute atomic E-state index is 6.07. The zero-order valence-corrected chi connectivity index (χ0v) is 15.8. The molecule has 4 aromatic rings. The topological polar surface area (TPSA) is 9.34 Å². The standard InChI is InChI=1S/C22H18Cl2N2/c23-17-8-4-15(5-9-17)20-13-25-14-21(16-6-10-18(24)11-7-16)26-12-2-1-3-19(20)22(25)26/h4-11,13-14H,1-3,12H2. The van der Waals surface area contributed by atoms with Gasteiger partial charge in [0.15, 0.2) is 0 Å².